The number of halogens is 1. The third-order valence-corrected chi connectivity index (χ3v) is 7.39. The van der Waals surface area contributed by atoms with Crippen LogP contribution < -0.4 is 9.62 Å². The van der Waals surface area contributed by atoms with Crippen LogP contribution in [0.25, 0.3) is 0 Å². The molecule has 1 fully saturated rings. The van der Waals surface area contributed by atoms with Gasteiger partial charge in [0.15, 0.2) is 0 Å². The van der Waals surface area contributed by atoms with Gasteiger partial charge in [-0.05, 0) is 49.2 Å². The van der Waals surface area contributed by atoms with Crippen LogP contribution in [0.5, 0.6) is 0 Å². The van der Waals surface area contributed by atoms with E-state index in [4.69, 9.17) is 0 Å². The standard InChI is InChI=1S/C23H31FN4O3S/c1-26(2)32(30,31)28(22-13-7-6-12-21(22)24)18-23(29)25-16-19-10-4-5-11-20(19)17-27-14-8-3-9-15-27/h4-7,10-13H,3,8-9,14-18H2,1-2H3,(H,25,29). The van der Waals surface area contributed by atoms with Crippen molar-refractivity contribution in [2.45, 2.75) is 32.4 Å². The van der Waals surface area contributed by atoms with Gasteiger partial charge in [-0.3, -0.25) is 9.69 Å². The minimum Gasteiger partial charge on any atom is -0.350 e. The zero-order valence-corrected chi connectivity index (χ0v) is 19.4. The van der Waals surface area contributed by atoms with Gasteiger partial charge in [0.05, 0.1) is 5.69 Å². The molecule has 0 aliphatic carbocycles. The fourth-order valence-corrected chi connectivity index (χ4v) is 4.84. The second-order valence-corrected chi connectivity index (χ2v) is 10.2. The van der Waals surface area contributed by atoms with Gasteiger partial charge in [-0.1, -0.05) is 42.8 Å². The number of anilines is 1. The largest absolute Gasteiger partial charge is 0.350 e. The maximum atomic E-state index is 14.3. The first-order valence-electron chi connectivity index (χ1n) is 10.8. The number of likely N-dealkylation sites (tertiary alicyclic amines) is 1. The van der Waals surface area contributed by atoms with Crippen molar-refractivity contribution in [3.63, 3.8) is 0 Å². The summed E-state index contributed by atoms with van der Waals surface area (Å²) in [5, 5.41) is 2.80. The highest BCUT2D eigenvalue weighted by molar-refractivity contribution is 7.90. The van der Waals surface area contributed by atoms with Gasteiger partial charge >= 0.3 is 10.2 Å². The van der Waals surface area contributed by atoms with E-state index in [0.717, 1.165) is 39.4 Å². The van der Waals surface area contributed by atoms with E-state index in [1.807, 2.05) is 18.2 Å². The van der Waals surface area contributed by atoms with Crippen LogP contribution in [0.2, 0.25) is 0 Å². The molecule has 1 saturated heterocycles. The van der Waals surface area contributed by atoms with Crippen LogP contribution in [0, 0.1) is 5.82 Å². The van der Waals surface area contributed by atoms with Gasteiger partial charge in [-0.25, -0.2) is 8.70 Å². The van der Waals surface area contributed by atoms with E-state index in [0.29, 0.717) is 0 Å². The Balaban J connectivity index is 1.70. The van der Waals surface area contributed by atoms with E-state index in [1.165, 1.54) is 57.6 Å². The van der Waals surface area contributed by atoms with E-state index in [9.17, 15) is 17.6 Å². The van der Waals surface area contributed by atoms with Crippen molar-refractivity contribution in [1.29, 1.82) is 0 Å². The number of amides is 1. The van der Waals surface area contributed by atoms with Crippen LogP contribution in [-0.2, 0) is 28.1 Å². The number of rotatable bonds is 9. The number of carbonyl (C=O) groups excluding carboxylic acids is 1. The highest BCUT2D eigenvalue weighted by atomic mass is 32.2. The van der Waals surface area contributed by atoms with E-state index in [2.05, 4.69) is 16.3 Å². The Hall–Kier alpha value is -2.49. The lowest BCUT2D eigenvalue weighted by atomic mass is 10.0. The first kappa shape index (κ1) is 24.2. The third kappa shape index (κ3) is 6.05. The van der Waals surface area contributed by atoms with Crippen molar-refractivity contribution in [2.75, 3.05) is 38.0 Å². The molecule has 0 atom stereocenters. The topological polar surface area (TPSA) is 73.0 Å². The second-order valence-electron chi connectivity index (χ2n) is 8.13. The van der Waals surface area contributed by atoms with Crippen molar-refractivity contribution in [3.05, 3.63) is 65.5 Å². The minimum absolute atomic E-state index is 0.165. The van der Waals surface area contributed by atoms with E-state index in [1.54, 1.807) is 0 Å². The number of nitrogens with one attached hydrogen (secondary N) is 1. The zero-order valence-electron chi connectivity index (χ0n) is 18.6. The molecule has 3 rings (SSSR count). The molecule has 1 aliphatic rings. The van der Waals surface area contributed by atoms with Crippen LogP contribution in [0.3, 0.4) is 0 Å². The maximum absolute atomic E-state index is 14.3. The predicted molar refractivity (Wildman–Crippen MR) is 124 cm³/mol. The molecule has 1 aliphatic heterocycles. The number of para-hydroxylation sites is 1. The lowest BCUT2D eigenvalue weighted by Gasteiger charge is -2.28. The lowest BCUT2D eigenvalue weighted by Crippen LogP contribution is -2.46. The predicted octanol–water partition coefficient (Wildman–Crippen LogP) is 2.74. The van der Waals surface area contributed by atoms with E-state index < -0.39 is 28.5 Å². The maximum Gasteiger partial charge on any atom is 0.304 e. The molecule has 2 aromatic rings. The number of benzene rings is 2. The van der Waals surface area contributed by atoms with Crippen LogP contribution in [0.1, 0.15) is 30.4 Å². The van der Waals surface area contributed by atoms with Crippen molar-refractivity contribution < 1.29 is 17.6 Å². The third-order valence-electron chi connectivity index (χ3n) is 5.59. The van der Waals surface area contributed by atoms with Crippen molar-refractivity contribution in [1.82, 2.24) is 14.5 Å². The summed E-state index contributed by atoms with van der Waals surface area (Å²) in [6.07, 6.45) is 3.67. The minimum atomic E-state index is -4.06. The zero-order chi connectivity index (χ0) is 23.1. The molecule has 0 radical (unpaired) electrons. The molecule has 7 nitrogen and oxygen atoms in total. The molecular weight excluding hydrogens is 431 g/mol. The molecule has 9 heteroatoms. The monoisotopic (exact) mass is 462 g/mol. The lowest BCUT2D eigenvalue weighted by molar-refractivity contribution is -0.119. The van der Waals surface area contributed by atoms with Crippen molar-refractivity contribution in [3.8, 4) is 0 Å². The molecule has 2 aromatic carbocycles. The number of hydrogen-bond donors (Lipinski definition) is 1. The Bertz CT molecular complexity index is 1020. The molecule has 0 bridgehead atoms. The smallest absolute Gasteiger partial charge is 0.304 e. The Kier molecular flexibility index (Phi) is 8.22. The summed E-state index contributed by atoms with van der Waals surface area (Å²) in [5.41, 5.74) is 1.96. The van der Waals surface area contributed by atoms with Gasteiger partial charge in [0, 0.05) is 27.2 Å². The molecule has 1 amide bonds. The summed E-state index contributed by atoms with van der Waals surface area (Å²) in [5.74, 6) is -1.22. The molecule has 1 N–H and O–H groups in total. The summed E-state index contributed by atoms with van der Waals surface area (Å²) in [6.45, 7) is 2.72. The van der Waals surface area contributed by atoms with Crippen molar-refractivity contribution in [2.24, 2.45) is 0 Å². The number of nitrogens with zero attached hydrogens (tertiary/aromatic N) is 3. The van der Waals surface area contributed by atoms with Crippen LogP contribution >= 0.6 is 0 Å². The fourth-order valence-electron chi connectivity index (χ4n) is 3.76. The molecule has 174 valence electrons. The van der Waals surface area contributed by atoms with Gasteiger partial charge in [-0.2, -0.15) is 12.7 Å². The SMILES string of the molecule is CN(C)S(=O)(=O)N(CC(=O)NCc1ccccc1CN1CCCCC1)c1ccccc1F. The van der Waals surface area contributed by atoms with Crippen molar-refractivity contribution >= 4 is 21.8 Å². The molecule has 0 saturated carbocycles. The Morgan fingerprint density at radius 1 is 1.00 bits per heavy atom. The average molecular weight is 463 g/mol. The molecule has 32 heavy (non-hydrogen) atoms. The van der Waals surface area contributed by atoms with Crippen LogP contribution in [-0.4, -0.2) is 57.3 Å². The van der Waals surface area contributed by atoms with Gasteiger partial charge in [-0.15, -0.1) is 0 Å². The highest BCUT2D eigenvalue weighted by Crippen LogP contribution is 2.23. The number of hydrogen-bond acceptors (Lipinski definition) is 4. The summed E-state index contributed by atoms with van der Waals surface area (Å²) in [7, 11) is -1.37. The molecule has 0 unspecified atom stereocenters. The Morgan fingerprint density at radius 3 is 2.28 bits per heavy atom. The summed E-state index contributed by atoms with van der Waals surface area (Å²) in [4.78, 5) is 15.1. The molecule has 0 aromatic heterocycles. The van der Waals surface area contributed by atoms with Gasteiger partial charge < -0.3 is 5.32 Å². The Labute approximate surface area is 190 Å². The summed E-state index contributed by atoms with van der Waals surface area (Å²) < 4.78 is 41.6. The van der Waals surface area contributed by atoms with Crippen LogP contribution in [0.15, 0.2) is 48.5 Å². The van der Waals surface area contributed by atoms with E-state index >= 15 is 0 Å². The van der Waals surface area contributed by atoms with E-state index in [-0.39, 0.29) is 12.2 Å². The fraction of sp³-hybridized carbons (Fsp3) is 0.435. The summed E-state index contributed by atoms with van der Waals surface area (Å²) >= 11 is 0. The second kappa shape index (κ2) is 10.9. The highest BCUT2D eigenvalue weighted by Gasteiger charge is 2.29. The first-order chi connectivity index (χ1) is 15.3. The van der Waals surface area contributed by atoms with Crippen LogP contribution in [0.4, 0.5) is 10.1 Å². The summed E-state index contributed by atoms with van der Waals surface area (Å²) in [6, 6.07) is 13.4. The average Bonchev–Trinajstić information content (AvgIpc) is 2.78. The number of piperidine rings is 1. The first-order valence-corrected chi connectivity index (χ1v) is 12.2. The number of carbonyl (C=O) groups is 1. The molecular formula is C23H31FN4O3S. The normalized spacial score (nSPS) is 15.0. The van der Waals surface area contributed by atoms with Gasteiger partial charge in [0.25, 0.3) is 0 Å². The van der Waals surface area contributed by atoms with Gasteiger partial charge in [0.1, 0.15) is 12.4 Å². The Morgan fingerprint density at radius 2 is 1.62 bits per heavy atom. The van der Waals surface area contributed by atoms with Gasteiger partial charge in [0.2, 0.25) is 5.91 Å². The molecule has 1 heterocycles. The molecule has 0 spiro atoms. The quantitative estimate of drug-likeness (QED) is 0.622.